The lowest BCUT2D eigenvalue weighted by Gasteiger charge is -2.14. The van der Waals surface area contributed by atoms with Gasteiger partial charge in [0.15, 0.2) is 0 Å². The number of pyridine rings is 1. The van der Waals surface area contributed by atoms with E-state index in [0.717, 1.165) is 5.56 Å². The summed E-state index contributed by atoms with van der Waals surface area (Å²) in [6.45, 7) is 2.02. The molecule has 5 nitrogen and oxygen atoms in total. The lowest BCUT2D eigenvalue weighted by Crippen LogP contribution is -2.09. The molecule has 0 fully saturated rings. The summed E-state index contributed by atoms with van der Waals surface area (Å²) in [7, 11) is 0. The predicted molar refractivity (Wildman–Crippen MR) is 67.7 cm³/mol. The number of hydrogen-bond acceptors (Lipinski definition) is 5. The van der Waals surface area contributed by atoms with E-state index < -0.39 is 0 Å². The van der Waals surface area contributed by atoms with E-state index in [9.17, 15) is 0 Å². The second kappa shape index (κ2) is 4.97. The molecule has 6 heteroatoms. The number of aromatic nitrogens is 3. The van der Waals surface area contributed by atoms with E-state index in [1.165, 1.54) is 0 Å². The molecule has 2 rings (SSSR count). The van der Waals surface area contributed by atoms with Crippen LogP contribution in [0.5, 0.6) is 0 Å². The SMILES string of the molecule is CC(Nc1cc(Cl)nc(N)n1)c1ccncc1. The molecule has 2 aromatic heterocycles. The molecule has 17 heavy (non-hydrogen) atoms. The standard InChI is InChI=1S/C11H12ClN5/c1-7(8-2-4-14-5-3-8)15-10-6-9(12)16-11(13)17-10/h2-7H,1H3,(H3,13,15,16,17). The van der Waals surface area contributed by atoms with Crippen molar-refractivity contribution in [2.45, 2.75) is 13.0 Å². The molecule has 0 spiro atoms. The highest BCUT2D eigenvalue weighted by Crippen LogP contribution is 2.19. The Labute approximate surface area is 104 Å². The molecule has 0 aliphatic heterocycles. The van der Waals surface area contributed by atoms with Crippen LogP contribution in [0.1, 0.15) is 18.5 Å². The minimum Gasteiger partial charge on any atom is -0.368 e. The van der Waals surface area contributed by atoms with Crippen molar-refractivity contribution in [3.63, 3.8) is 0 Å². The predicted octanol–water partition coefficient (Wildman–Crippen LogP) is 2.28. The minimum atomic E-state index is 0.0865. The van der Waals surface area contributed by atoms with Crippen LogP contribution in [0.2, 0.25) is 5.15 Å². The second-order valence-electron chi connectivity index (χ2n) is 3.58. The van der Waals surface area contributed by atoms with Crippen molar-refractivity contribution in [1.82, 2.24) is 15.0 Å². The Balaban J connectivity index is 2.16. The van der Waals surface area contributed by atoms with Gasteiger partial charge in [-0.25, -0.2) is 4.98 Å². The molecule has 0 amide bonds. The van der Waals surface area contributed by atoms with E-state index in [0.29, 0.717) is 11.0 Å². The molecule has 2 aromatic rings. The average molecular weight is 250 g/mol. The summed E-state index contributed by atoms with van der Waals surface area (Å²) < 4.78 is 0. The van der Waals surface area contributed by atoms with Gasteiger partial charge in [0.2, 0.25) is 5.95 Å². The molecule has 0 saturated heterocycles. The van der Waals surface area contributed by atoms with Crippen LogP contribution in [-0.2, 0) is 0 Å². The van der Waals surface area contributed by atoms with Gasteiger partial charge in [0.1, 0.15) is 11.0 Å². The molecule has 0 aliphatic rings. The van der Waals surface area contributed by atoms with Gasteiger partial charge in [-0.1, -0.05) is 11.6 Å². The van der Waals surface area contributed by atoms with Crippen LogP contribution >= 0.6 is 11.6 Å². The first-order valence-corrected chi connectivity index (χ1v) is 5.49. The van der Waals surface area contributed by atoms with Gasteiger partial charge in [0.05, 0.1) is 6.04 Å². The van der Waals surface area contributed by atoms with Crippen molar-refractivity contribution in [2.24, 2.45) is 0 Å². The molecule has 0 aromatic carbocycles. The summed E-state index contributed by atoms with van der Waals surface area (Å²) in [6, 6.07) is 5.59. The fraction of sp³-hybridized carbons (Fsp3) is 0.182. The van der Waals surface area contributed by atoms with Gasteiger partial charge in [-0.2, -0.15) is 4.98 Å². The smallest absolute Gasteiger partial charge is 0.223 e. The quantitative estimate of drug-likeness (QED) is 0.816. The van der Waals surface area contributed by atoms with Crippen LogP contribution < -0.4 is 11.1 Å². The number of hydrogen-bond donors (Lipinski definition) is 2. The summed E-state index contributed by atoms with van der Waals surface area (Å²) in [6.07, 6.45) is 3.49. The average Bonchev–Trinajstić information content (AvgIpc) is 2.28. The van der Waals surface area contributed by atoms with Crippen LogP contribution in [0, 0.1) is 0 Å². The molecule has 0 saturated carbocycles. The largest absolute Gasteiger partial charge is 0.368 e. The lowest BCUT2D eigenvalue weighted by molar-refractivity contribution is 0.869. The van der Waals surface area contributed by atoms with Crippen LogP contribution in [-0.4, -0.2) is 15.0 Å². The maximum Gasteiger partial charge on any atom is 0.223 e. The van der Waals surface area contributed by atoms with E-state index in [2.05, 4.69) is 20.3 Å². The van der Waals surface area contributed by atoms with Gasteiger partial charge in [-0.05, 0) is 24.6 Å². The maximum absolute atomic E-state index is 5.80. The monoisotopic (exact) mass is 249 g/mol. The highest BCUT2D eigenvalue weighted by Gasteiger charge is 2.07. The zero-order valence-corrected chi connectivity index (χ0v) is 10.0. The van der Waals surface area contributed by atoms with Crippen molar-refractivity contribution in [3.8, 4) is 0 Å². The summed E-state index contributed by atoms with van der Waals surface area (Å²) in [5.41, 5.74) is 6.62. The molecule has 3 N–H and O–H groups in total. The van der Waals surface area contributed by atoms with Gasteiger partial charge < -0.3 is 11.1 Å². The molecule has 1 unspecified atom stereocenters. The zero-order valence-electron chi connectivity index (χ0n) is 9.26. The molecule has 2 heterocycles. The van der Waals surface area contributed by atoms with Crippen molar-refractivity contribution in [2.75, 3.05) is 11.1 Å². The number of nitrogens with one attached hydrogen (secondary N) is 1. The number of rotatable bonds is 3. The van der Waals surface area contributed by atoms with E-state index >= 15 is 0 Å². The molecular weight excluding hydrogens is 238 g/mol. The molecule has 1 atom stereocenters. The number of nitrogen functional groups attached to an aromatic ring is 1. The maximum atomic E-state index is 5.80. The lowest BCUT2D eigenvalue weighted by atomic mass is 10.1. The molecule has 88 valence electrons. The minimum absolute atomic E-state index is 0.0865. The summed E-state index contributed by atoms with van der Waals surface area (Å²) in [5, 5.41) is 3.52. The van der Waals surface area contributed by atoms with Crippen LogP contribution in [0.25, 0.3) is 0 Å². The van der Waals surface area contributed by atoms with Crippen molar-refractivity contribution >= 4 is 23.4 Å². The fourth-order valence-corrected chi connectivity index (χ4v) is 1.66. The van der Waals surface area contributed by atoms with Crippen molar-refractivity contribution < 1.29 is 0 Å². The second-order valence-corrected chi connectivity index (χ2v) is 3.97. The van der Waals surface area contributed by atoms with Crippen molar-refractivity contribution in [3.05, 3.63) is 41.3 Å². The first-order chi connectivity index (χ1) is 8.15. The summed E-state index contributed by atoms with van der Waals surface area (Å²) >= 11 is 5.80. The Kier molecular flexibility index (Phi) is 3.39. The van der Waals surface area contributed by atoms with E-state index in [1.807, 2.05) is 19.1 Å². The summed E-state index contributed by atoms with van der Waals surface area (Å²) in [4.78, 5) is 11.8. The van der Waals surface area contributed by atoms with E-state index in [4.69, 9.17) is 17.3 Å². The van der Waals surface area contributed by atoms with Crippen LogP contribution in [0.4, 0.5) is 11.8 Å². The fourth-order valence-electron chi connectivity index (χ4n) is 1.47. The van der Waals surface area contributed by atoms with Gasteiger partial charge >= 0.3 is 0 Å². The van der Waals surface area contributed by atoms with Gasteiger partial charge in [0.25, 0.3) is 0 Å². The zero-order chi connectivity index (χ0) is 12.3. The molecule has 0 radical (unpaired) electrons. The highest BCUT2D eigenvalue weighted by atomic mass is 35.5. The Morgan fingerprint density at radius 2 is 2.00 bits per heavy atom. The van der Waals surface area contributed by atoms with E-state index in [-0.39, 0.29) is 12.0 Å². The number of halogens is 1. The third-order valence-corrected chi connectivity index (χ3v) is 2.48. The Bertz CT molecular complexity index is 482. The van der Waals surface area contributed by atoms with Crippen LogP contribution in [0.3, 0.4) is 0 Å². The Morgan fingerprint density at radius 1 is 1.29 bits per heavy atom. The molecule has 0 aliphatic carbocycles. The third-order valence-electron chi connectivity index (χ3n) is 2.28. The number of anilines is 2. The highest BCUT2D eigenvalue weighted by molar-refractivity contribution is 6.29. The van der Waals surface area contributed by atoms with Gasteiger partial charge in [-0.3, -0.25) is 4.98 Å². The Hall–Kier alpha value is -1.88. The third kappa shape index (κ3) is 3.04. The Morgan fingerprint density at radius 3 is 2.65 bits per heavy atom. The molecular formula is C11H12ClN5. The first-order valence-electron chi connectivity index (χ1n) is 5.11. The normalized spacial score (nSPS) is 12.1. The first kappa shape index (κ1) is 11.6. The molecule has 0 bridgehead atoms. The van der Waals surface area contributed by atoms with Gasteiger partial charge in [0, 0.05) is 18.5 Å². The van der Waals surface area contributed by atoms with Gasteiger partial charge in [-0.15, -0.1) is 0 Å². The summed E-state index contributed by atoms with van der Waals surface area (Å²) in [5.74, 6) is 0.758. The number of nitrogens with two attached hydrogens (primary N) is 1. The van der Waals surface area contributed by atoms with Crippen LogP contribution in [0.15, 0.2) is 30.6 Å². The topological polar surface area (TPSA) is 76.7 Å². The van der Waals surface area contributed by atoms with Crippen molar-refractivity contribution in [1.29, 1.82) is 0 Å². The van der Waals surface area contributed by atoms with E-state index in [1.54, 1.807) is 18.5 Å². The number of nitrogens with zero attached hydrogens (tertiary/aromatic N) is 3.